The molecule has 2 atom stereocenters. The van der Waals surface area contributed by atoms with E-state index in [0.29, 0.717) is 42.5 Å². The fourth-order valence-electron chi connectivity index (χ4n) is 9.79. The summed E-state index contributed by atoms with van der Waals surface area (Å²) in [6, 6.07) is 12.4. The van der Waals surface area contributed by atoms with E-state index in [-0.39, 0.29) is 11.9 Å². The largest absolute Gasteiger partial charge is 0.497 e. The summed E-state index contributed by atoms with van der Waals surface area (Å²) in [4.78, 5) is 32.6. The first-order chi connectivity index (χ1) is 25.6. The molecule has 2 aliphatic carbocycles. The van der Waals surface area contributed by atoms with Crippen LogP contribution in [-0.2, 0) is 23.6 Å². The zero-order valence-electron chi connectivity index (χ0n) is 30.8. The molecule has 4 aromatic rings. The van der Waals surface area contributed by atoms with E-state index < -0.39 is 21.2 Å². The van der Waals surface area contributed by atoms with Gasteiger partial charge in [0.25, 0.3) is 11.8 Å². The van der Waals surface area contributed by atoms with Crippen molar-refractivity contribution in [2.45, 2.75) is 94.5 Å². The van der Waals surface area contributed by atoms with Crippen LogP contribution < -0.4 is 9.46 Å². The average Bonchev–Trinajstić information content (AvgIpc) is 3.89. The van der Waals surface area contributed by atoms with Gasteiger partial charge >= 0.3 is 0 Å². The van der Waals surface area contributed by atoms with Gasteiger partial charge in [0.1, 0.15) is 5.75 Å². The maximum Gasteiger partial charge on any atom is 0.264 e. The van der Waals surface area contributed by atoms with Crippen LogP contribution in [-0.4, -0.2) is 88.5 Å². The van der Waals surface area contributed by atoms with Gasteiger partial charge in [-0.1, -0.05) is 38.7 Å². The molecule has 278 valence electrons. The molecule has 5 aliphatic rings. The fraction of sp³-hybridized carbons (Fsp3) is 0.488. The lowest BCUT2D eigenvalue weighted by atomic mass is 9.81. The van der Waals surface area contributed by atoms with Gasteiger partial charge < -0.3 is 14.2 Å². The average molecular weight is 737 g/mol. The molecule has 2 aromatic heterocycles. The topological polar surface area (TPSA) is 119 Å². The number of carbonyl (C=O) groups excluding carboxylic acids is 2. The maximum absolute atomic E-state index is 14.4. The van der Waals surface area contributed by atoms with Gasteiger partial charge in [-0.05, 0) is 97.7 Å². The number of carbonyl (C=O) groups is 2. The van der Waals surface area contributed by atoms with E-state index in [4.69, 9.17) is 4.74 Å². The Morgan fingerprint density at radius 1 is 0.962 bits per heavy atom. The first-order valence-electron chi connectivity index (χ1n) is 19.3. The number of likely N-dealkylation sites (tertiary alicyclic amines) is 2. The second-order valence-electron chi connectivity index (χ2n) is 15.7. The van der Waals surface area contributed by atoms with Crippen molar-refractivity contribution in [2.24, 2.45) is 7.05 Å². The number of ether oxygens (including phenoxy) is 1. The number of likely N-dealkylation sites (N-methyl/N-ethyl adjacent to an activating group) is 1. The van der Waals surface area contributed by atoms with Crippen LogP contribution in [0.1, 0.15) is 108 Å². The fourth-order valence-corrected chi connectivity index (χ4v) is 11.3. The van der Waals surface area contributed by atoms with E-state index in [0.717, 1.165) is 103 Å². The van der Waals surface area contributed by atoms with Crippen molar-refractivity contribution in [3.8, 4) is 17.0 Å². The van der Waals surface area contributed by atoms with Crippen LogP contribution in [0, 0.1) is 0 Å². The SMILES string of the molecule is CCN1CC2CC1CN2C(=O)c1cnn(C)c1C1=Cc2cc(OC)ccc2-c2c(C3CCCCC3)c3ccc(C(=O)NS(=O)(=O)C4CCC4)cc3n2C1. The van der Waals surface area contributed by atoms with Crippen LogP contribution in [0.15, 0.2) is 42.6 Å². The summed E-state index contributed by atoms with van der Waals surface area (Å²) in [5.41, 5.74) is 7.88. The molecule has 0 spiro atoms. The lowest BCUT2D eigenvalue weighted by Crippen LogP contribution is -2.48. The second kappa shape index (κ2) is 13.2. The highest BCUT2D eigenvalue weighted by atomic mass is 32.2. The van der Waals surface area contributed by atoms with Crippen molar-refractivity contribution in [1.82, 2.24) is 28.9 Å². The number of methoxy groups -OCH3 is 1. The molecule has 3 aliphatic heterocycles. The number of amides is 2. The van der Waals surface area contributed by atoms with Gasteiger partial charge in [0.05, 0.1) is 42.1 Å². The summed E-state index contributed by atoms with van der Waals surface area (Å²) >= 11 is 0. The predicted octanol–water partition coefficient (Wildman–Crippen LogP) is 6.18. The first-order valence-corrected chi connectivity index (χ1v) is 20.9. The molecule has 2 unspecified atom stereocenters. The molecule has 4 fully saturated rings. The molecule has 53 heavy (non-hydrogen) atoms. The number of aryl methyl sites for hydroxylation is 1. The van der Waals surface area contributed by atoms with E-state index in [1.165, 1.54) is 12.0 Å². The summed E-state index contributed by atoms with van der Waals surface area (Å²) in [5, 5.41) is 5.22. The van der Waals surface area contributed by atoms with Crippen molar-refractivity contribution in [1.29, 1.82) is 0 Å². The van der Waals surface area contributed by atoms with Crippen LogP contribution >= 0.6 is 0 Å². The van der Waals surface area contributed by atoms with Gasteiger partial charge in [-0.2, -0.15) is 5.10 Å². The number of sulfonamides is 1. The monoisotopic (exact) mass is 736 g/mol. The van der Waals surface area contributed by atoms with Gasteiger partial charge in [-0.3, -0.25) is 19.2 Å². The number of rotatable bonds is 8. The predicted molar refractivity (Wildman–Crippen MR) is 205 cm³/mol. The summed E-state index contributed by atoms with van der Waals surface area (Å²) in [6.45, 7) is 5.23. The number of piperazine rings is 1. The Balaban J connectivity index is 1.20. The zero-order chi connectivity index (χ0) is 36.6. The molecule has 2 saturated carbocycles. The Bertz CT molecular complexity index is 2280. The van der Waals surface area contributed by atoms with Crippen LogP contribution in [0.5, 0.6) is 5.75 Å². The van der Waals surface area contributed by atoms with Gasteiger partial charge in [0.2, 0.25) is 10.0 Å². The second-order valence-corrected chi connectivity index (χ2v) is 17.6. The Hall–Kier alpha value is -4.42. The summed E-state index contributed by atoms with van der Waals surface area (Å²) in [6.07, 6.45) is 12.6. The summed E-state index contributed by atoms with van der Waals surface area (Å²) < 4.78 is 38.2. The molecule has 2 bridgehead atoms. The number of hydrogen-bond donors (Lipinski definition) is 1. The number of allylic oxidation sites excluding steroid dienone is 1. The van der Waals surface area contributed by atoms with E-state index in [1.807, 2.05) is 34.8 Å². The van der Waals surface area contributed by atoms with Crippen molar-refractivity contribution in [3.63, 3.8) is 0 Å². The minimum absolute atomic E-state index is 0.0134. The third-order valence-electron chi connectivity index (χ3n) is 12.8. The quantitative estimate of drug-likeness (QED) is 0.230. The van der Waals surface area contributed by atoms with Crippen LogP contribution in [0.3, 0.4) is 0 Å². The molecular weight excluding hydrogens is 689 g/mol. The molecular formula is C41H48N6O5S. The highest BCUT2D eigenvalue weighted by Gasteiger charge is 2.45. The molecule has 0 radical (unpaired) electrons. The third kappa shape index (κ3) is 5.71. The molecule has 2 aromatic carbocycles. The lowest BCUT2D eigenvalue weighted by Gasteiger charge is -2.33. The zero-order valence-corrected chi connectivity index (χ0v) is 31.6. The Kier molecular flexibility index (Phi) is 8.53. The standard InChI is InChI=1S/C41H48N6O5S/c1-4-45-23-30-20-29(45)24-46(30)41(49)35-21-42-44(2)38(35)28-17-27-18-31(52-3)14-16-33(27)39-37(25-9-6-5-7-10-25)34-15-13-26(19-36(34)47(39)22-28)40(48)43-53(50,51)32-11-8-12-32/h13-19,21,25,29-30,32H,4-12,20,22-24H2,1-3H3,(H,43,48). The Morgan fingerprint density at radius 3 is 2.47 bits per heavy atom. The molecule has 1 N–H and O–H groups in total. The van der Waals surface area contributed by atoms with E-state index in [2.05, 4.69) is 44.4 Å². The highest BCUT2D eigenvalue weighted by Crippen LogP contribution is 2.48. The van der Waals surface area contributed by atoms with Gasteiger partial charge in [-0.25, -0.2) is 13.1 Å². The first kappa shape index (κ1) is 34.4. The van der Waals surface area contributed by atoms with Crippen LogP contribution in [0.25, 0.3) is 33.8 Å². The van der Waals surface area contributed by atoms with Crippen molar-refractivity contribution >= 4 is 44.4 Å². The lowest BCUT2D eigenvalue weighted by molar-refractivity contribution is 0.0630. The number of aromatic nitrogens is 3. The molecule has 2 saturated heterocycles. The smallest absolute Gasteiger partial charge is 0.264 e. The summed E-state index contributed by atoms with van der Waals surface area (Å²) in [7, 11) is -0.184. The molecule has 2 amide bonds. The van der Waals surface area contributed by atoms with Crippen molar-refractivity contribution in [2.75, 3.05) is 26.7 Å². The Labute approximate surface area is 311 Å². The number of fused-ring (bicyclic) bond motifs is 7. The number of hydrogen-bond acceptors (Lipinski definition) is 7. The minimum atomic E-state index is -3.75. The number of benzene rings is 2. The van der Waals surface area contributed by atoms with Gasteiger partial charge in [0.15, 0.2) is 0 Å². The van der Waals surface area contributed by atoms with Crippen molar-refractivity contribution in [3.05, 3.63) is 70.5 Å². The van der Waals surface area contributed by atoms with E-state index >= 15 is 0 Å². The van der Waals surface area contributed by atoms with Crippen LogP contribution in [0.2, 0.25) is 0 Å². The van der Waals surface area contributed by atoms with E-state index in [9.17, 15) is 18.0 Å². The third-order valence-corrected chi connectivity index (χ3v) is 14.6. The van der Waals surface area contributed by atoms with Crippen LogP contribution in [0.4, 0.5) is 0 Å². The molecule has 9 rings (SSSR count). The van der Waals surface area contributed by atoms with Gasteiger partial charge in [0, 0.05) is 54.3 Å². The summed E-state index contributed by atoms with van der Waals surface area (Å²) in [5.74, 6) is 0.480. The number of nitrogens with zero attached hydrogens (tertiary/aromatic N) is 5. The normalized spacial score (nSPS) is 21.9. The molecule has 11 nitrogen and oxygen atoms in total. The van der Waals surface area contributed by atoms with Gasteiger partial charge in [-0.15, -0.1) is 0 Å². The Morgan fingerprint density at radius 2 is 1.77 bits per heavy atom. The minimum Gasteiger partial charge on any atom is -0.497 e. The number of nitrogens with one attached hydrogen (secondary N) is 1. The van der Waals surface area contributed by atoms with Crippen molar-refractivity contribution < 1.29 is 22.7 Å². The molecule has 5 heterocycles. The highest BCUT2D eigenvalue weighted by molar-refractivity contribution is 7.90. The van der Waals surface area contributed by atoms with E-state index in [1.54, 1.807) is 19.4 Å². The maximum atomic E-state index is 14.4. The molecule has 12 heteroatoms.